The Morgan fingerprint density at radius 3 is 2.46 bits per heavy atom. The monoisotopic (exact) mass is 300 g/mol. The van der Waals surface area contributed by atoms with Gasteiger partial charge in [0.05, 0.1) is 5.69 Å². The average Bonchev–Trinajstić information content (AvgIpc) is 2.53. The summed E-state index contributed by atoms with van der Waals surface area (Å²) in [6.07, 6.45) is 3.15. The van der Waals surface area contributed by atoms with Crippen LogP contribution in [0.1, 0.15) is 0 Å². The molecule has 0 bridgehead atoms. The molecule has 0 spiro atoms. The van der Waals surface area contributed by atoms with Crippen LogP contribution >= 0.6 is 31.9 Å². The van der Waals surface area contributed by atoms with Gasteiger partial charge in [0.15, 0.2) is 0 Å². The highest BCUT2D eigenvalue weighted by Crippen LogP contribution is 2.20. The molecule has 0 unspecified atom stereocenters. The third kappa shape index (κ3) is 1.97. The van der Waals surface area contributed by atoms with Gasteiger partial charge in [0.2, 0.25) is 0 Å². The Morgan fingerprint density at radius 1 is 1.23 bits per heavy atom. The van der Waals surface area contributed by atoms with Gasteiger partial charge in [-0.15, -0.1) is 0 Å². The maximum atomic E-state index is 4.02. The van der Waals surface area contributed by atoms with Gasteiger partial charge < -0.3 is 0 Å². The first-order valence-corrected chi connectivity index (χ1v) is 5.08. The van der Waals surface area contributed by atoms with Crippen molar-refractivity contribution in [2.45, 2.75) is 0 Å². The second-order valence-corrected chi connectivity index (χ2v) is 4.08. The topological polar surface area (TPSA) is 30.7 Å². The van der Waals surface area contributed by atoms with E-state index in [0.29, 0.717) is 0 Å². The number of hydrogen-bond donors (Lipinski definition) is 0. The van der Waals surface area contributed by atoms with Crippen molar-refractivity contribution in [3.63, 3.8) is 0 Å². The Hall–Kier alpha value is -0.680. The first-order chi connectivity index (χ1) is 6.25. The molecule has 65 valence electrons. The van der Waals surface area contributed by atoms with Crippen LogP contribution in [0.5, 0.6) is 0 Å². The lowest BCUT2D eigenvalue weighted by atomic mass is 10.3. The molecular weight excluding hydrogens is 298 g/mol. The smallest absolute Gasteiger partial charge is 0.138 e. The minimum atomic E-state index is 0.882. The Morgan fingerprint density at radius 2 is 1.92 bits per heavy atom. The van der Waals surface area contributed by atoms with Crippen LogP contribution in [0.4, 0.5) is 0 Å². The molecule has 0 aliphatic carbocycles. The van der Waals surface area contributed by atoms with E-state index in [-0.39, 0.29) is 0 Å². The number of rotatable bonds is 1. The highest BCUT2D eigenvalue weighted by Gasteiger charge is 2.00. The van der Waals surface area contributed by atoms with Crippen LogP contribution in [0.25, 0.3) is 5.69 Å². The lowest BCUT2D eigenvalue weighted by Crippen LogP contribution is -1.93. The molecule has 13 heavy (non-hydrogen) atoms. The minimum absolute atomic E-state index is 0.882. The summed E-state index contributed by atoms with van der Waals surface area (Å²) in [5.41, 5.74) is 0.940. The molecule has 1 radical (unpaired) electrons. The summed E-state index contributed by atoms with van der Waals surface area (Å²) in [6.45, 7) is 0. The molecule has 0 amide bonds. The summed E-state index contributed by atoms with van der Waals surface area (Å²) in [4.78, 5) is 3.87. The lowest BCUT2D eigenvalue weighted by Gasteiger charge is -2.01. The van der Waals surface area contributed by atoms with E-state index >= 15 is 0 Å². The Kier molecular flexibility index (Phi) is 2.46. The summed E-state index contributed by atoms with van der Waals surface area (Å²) in [7, 11) is 0. The molecular formula is C8H4Br2N3. The third-order valence-electron chi connectivity index (χ3n) is 1.47. The molecule has 1 aromatic heterocycles. The Labute approximate surface area is 92.1 Å². The lowest BCUT2D eigenvalue weighted by molar-refractivity contribution is 0.877. The van der Waals surface area contributed by atoms with E-state index in [4.69, 9.17) is 0 Å². The quantitative estimate of drug-likeness (QED) is 0.810. The molecule has 0 fully saturated rings. The van der Waals surface area contributed by atoms with Crippen molar-refractivity contribution in [1.82, 2.24) is 14.8 Å². The van der Waals surface area contributed by atoms with Gasteiger partial charge in [0.25, 0.3) is 0 Å². The number of hydrogen-bond acceptors (Lipinski definition) is 2. The molecule has 0 saturated carbocycles. The van der Waals surface area contributed by atoms with Crippen molar-refractivity contribution < 1.29 is 0 Å². The maximum absolute atomic E-state index is 4.02. The molecule has 5 heteroatoms. The third-order valence-corrected chi connectivity index (χ3v) is 2.33. The fourth-order valence-electron chi connectivity index (χ4n) is 0.961. The van der Waals surface area contributed by atoms with E-state index in [0.717, 1.165) is 14.6 Å². The second kappa shape index (κ2) is 3.59. The molecule has 1 aromatic carbocycles. The summed E-state index contributed by atoms with van der Waals surface area (Å²) in [5.74, 6) is 0. The highest BCUT2D eigenvalue weighted by molar-refractivity contribution is 9.11. The van der Waals surface area contributed by atoms with Crippen molar-refractivity contribution in [3.05, 3.63) is 39.8 Å². The number of halogens is 2. The zero-order chi connectivity index (χ0) is 9.26. The van der Waals surface area contributed by atoms with Crippen molar-refractivity contribution in [2.24, 2.45) is 0 Å². The van der Waals surface area contributed by atoms with Crippen molar-refractivity contribution in [2.75, 3.05) is 0 Å². The largest absolute Gasteiger partial charge is 0.223 e. The summed E-state index contributed by atoms with van der Waals surface area (Å²) < 4.78 is 3.45. The molecule has 0 aliphatic heterocycles. The van der Waals surface area contributed by atoms with Gasteiger partial charge in [0, 0.05) is 15.0 Å². The van der Waals surface area contributed by atoms with Crippen LogP contribution in [0.3, 0.4) is 0 Å². The average molecular weight is 302 g/mol. The van der Waals surface area contributed by atoms with Crippen LogP contribution in [0, 0.1) is 6.07 Å². The predicted octanol–water partition coefficient (Wildman–Crippen LogP) is 2.59. The highest BCUT2D eigenvalue weighted by atomic mass is 79.9. The van der Waals surface area contributed by atoms with Gasteiger partial charge in [-0.05, 0) is 12.1 Å². The molecule has 0 atom stereocenters. The van der Waals surface area contributed by atoms with Crippen molar-refractivity contribution in [3.8, 4) is 5.69 Å². The van der Waals surface area contributed by atoms with E-state index in [1.165, 1.54) is 6.33 Å². The SMILES string of the molecule is Brc1[c]c(Br)cc(-n2cncn2)c1. The van der Waals surface area contributed by atoms with Gasteiger partial charge in [-0.1, -0.05) is 31.9 Å². The molecule has 2 rings (SSSR count). The Bertz CT molecular complexity index is 391. The number of benzene rings is 1. The summed E-state index contributed by atoms with van der Waals surface area (Å²) in [6, 6.07) is 6.88. The fraction of sp³-hybridized carbons (Fsp3) is 0. The van der Waals surface area contributed by atoms with E-state index in [1.807, 2.05) is 12.1 Å². The van der Waals surface area contributed by atoms with Gasteiger partial charge >= 0.3 is 0 Å². The number of aromatic nitrogens is 3. The summed E-state index contributed by atoms with van der Waals surface area (Å²) >= 11 is 6.70. The predicted molar refractivity (Wildman–Crippen MR) is 55.6 cm³/mol. The second-order valence-electron chi connectivity index (χ2n) is 2.37. The van der Waals surface area contributed by atoms with Crippen molar-refractivity contribution in [1.29, 1.82) is 0 Å². The zero-order valence-electron chi connectivity index (χ0n) is 6.41. The standard InChI is InChI=1S/C8H4Br2N3/c9-6-1-7(10)3-8(2-6)13-5-11-4-12-13/h2-5H. The van der Waals surface area contributed by atoms with Crippen molar-refractivity contribution >= 4 is 31.9 Å². The van der Waals surface area contributed by atoms with Gasteiger partial charge in [-0.2, -0.15) is 5.10 Å². The van der Waals surface area contributed by atoms with Gasteiger partial charge in [0.1, 0.15) is 12.7 Å². The normalized spacial score (nSPS) is 10.3. The Balaban J connectivity index is 2.53. The molecule has 2 aromatic rings. The minimum Gasteiger partial charge on any atom is -0.223 e. The van der Waals surface area contributed by atoms with E-state index in [1.54, 1.807) is 11.0 Å². The number of nitrogens with zero attached hydrogens (tertiary/aromatic N) is 3. The van der Waals surface area contributed by atoms with Gasteiger partial charge in [-0.25, -0.2) is 9.67 Å². The molecule has 3 nitrogen and oxygen atoms in total. The van der Waals surface area contributed by atoms with Crippen LogP contribution in [-0.2, 0) is 0 Å². The van der Waals surface area contributed by atoms with Crippen LogP contribution in [0.15, 0.2) is 33.7 Å². The van der Waals surface area contributed by atoms with E-state index < -0.39 is 0 Å². The maximum Gasteiger partial charge on any atom is 0.138 e. The fourth-order valence-corrected chi connectivity index (χ4v) is 2.12. The van der Waals surface area contributed by atoms with Crippen LogP contribution < -0.4 is 0 Å². The first-order valence-electron chi connectivity index (χ1n) is 3.49. The summed E-state index contributed by atoms with van der Waals surface area (Å²) in [5, 5.41) is 4.02. The van der Waals surface area contributed by atoms with Gasteiger partial charge in [-0.3, -0.25) is 0 Å². The van der Waals surface area contributed by atoms with Crippen LogP contribution in [0.2, 0.25) is 0 Å². The van der Waals surface area contributed by atoms with E-state index in [2.05, 4.69) is 48.0 Å². The molecule has 0 aliphatic rings. The molecule has 0 N–H and O–H groups in total. The van der Waals surface area contributed by atoms with E-state index in [9.17, 15) is 0 Å². The molecule has 0 saturated heterocycles. The first kappa shape index (κ1) is 8.90. The van der Waals surface area contributed by atoms with Crippen LogP contribution in [-0.4, -0.2) is 14.8 Å². The molecule has 1 heterocycles. The zero-order valence-corrected chi connectivity index (χ0v) is 9.58.